The molecular weight excluding hydrogens is 296 g/mol. The standard InChI is InChI=1S/C18H22O5/c1-10(2)17-16(20)15-11(3)7-12(8-13(15)22-17)21-9-14(19)23-18(4,5)6/h7-8H,9H2,1-6H3. The SMILES string of the molecule is CC(C)=C1Oc2cc(OCC(=O)OC(C)(C)C)cc(C)c2C1=O. The van der Waals surface area contributed by atoms with E-state index in [1.165, 1.54) is 0 Å². The minimum absolute atomic E-state index is 0.115. The summed E-state index contributed by atoms with van der Waals surface area (Å²) in [5.74, 6) is 0.724. The summed E-state index contributed by atoms with van der Waals surface area (Å²) in [6.07, 6.45) is 0. The van der Waals surface area contributed by atoms with E-state index in [9.17, 15) is 9.59 Å². The Morgan fingerprint density at radius 3 is 2.43 bits per heavy atom. The highest BCUT2D eigenvalue weighted by Gasteiger charge is 2.30. The van der Waals surface area contributed by atoms with Crippen molar-refractivity contribution < 1.29 is 23.8 Å². The predicted octanol–water partition coefficient (Wildman–Crippen LogP) is 3.58. The Bertz CT molecular complexity index is 688. The summed E-state index contributed by atoms with van der Waals surface area (Å²) < 4.78 is 16.3. The fourth-order valence-electron chi connectivity index (χ4n) is 2.29. The van der Waals surface area contributed by atoms with Crippen LogP contribution in [0.2, 0.25) is 0 Å². The van der Waals surface area contributed by atoms with Gasteiger partial charge < -0.3 is 14.2 Å². The van der Waals surface area contributed by atoms with Crippen molar-refractivity contribution in [3.63, 3.8) is 0 Å². The molecule has 2 rings (SSSR count). The molecule has 0 unspecified atom stereocenters. The Hall–Kier alpha value is -2.30. The molecule has 1 aromatic rings. The van der Waals surface area contributed by atoms with Crippen molar-refractivity contribution in [1.82, 2.24) is 0 Å². The minimum atomic E-state index is -0.553. The Morgan fingerprint density at radius 1 is 1.22 bits per heavy atom. The third-order valence-electron chi connectivity index (χ3n) is 3.15. The minimum Gasteiger partial charge on any atom is -0.482 e. The van der Waals surface area contributed by atoms with E-state index in [0.29, 0.717) is 22.8 Å². The highest BCUT2D eigenvalue weighted by molar-refractivity contribution is 6.13. The summed E-state index contributed by atoms with van der Waals surface area (Å²) in [4.78, 5) is 24.0. The molecule has 5 nitrogen and oxygen atoms in total. The zero-order valence-electron chi connectivity index (χ0n) is 14.4. The number of rotatable bonds is 3. The van der Waals surface area contributed by atoms with Crippen LogP contribution in [-0.2, 0) is 9.53 Å². The molecule has 23 heavy (non-hydrogen) atoms. The van der Waals surface area contributed by atoms with Gasteiger partial charge in [0, 0.05) is 6.07 Å². The molecular formula is C18H22O5. The van der Waals surface area contributed by atoms with Crippen LogP contribution in [0, 0.1) is 6.92 Å². The summed E-state index contributed by atoms with van der Waals surface area (Å²) in [5.41, 5.74) is 1.57. The molecule has 0 fully saturated rings. The third-order valence-corrected chi connectivity index (χ3v) is 3.15. The fraction of sp³-hybridized carbons (Fsp3) is 0.444. The number of carbonyl (C=O) groups is 2. The number of benzene rings is 1. The molecule has 0 N–H and O–H groups in total. The van der Waals surface area contributed by atoms with Crippen LogP contribution in [0.15, 0.2) is 23.5 Å². The fourth-order valence-corrected chi connectivity index (χ4v) is 2.29. The average Bonchev–Trinajstić information content (AvgIpc) is 2.72. The first-order chi connectivity index (χ1) is 10.6. The van der Waals surface area contributed by atoms with Crippen molar-refractivity contribution in [2.75, 3.05) is 6.61 Å². The molecule has 1 heterocycles. The van der Waals surface area contributed by atoms with Crippen molar-refractivity contribution >= 4 is 11.8 Å². The molecule has 1 aliphatic rings. The molecule has 0 aromatic heterocycles. The van der Waals surface area contributed by atoms with Crippen molar-refractivity contribution in [2.45, 2.75) is 47.1 Å². The van der Waals surface area contributed by atoms with Crippen LogP contribution in [0.5, 0.6) is 11.5 Å². The zero-order valence-corrected chi connectivity index (χ0v) is 14.4. The molecule has 1 aliphatic heterocycles. The second-order valence-electron chi connectivity index (χ2n) is 6.75. The first kappa shape index (κ1) is 17.1. The number of hydrogen-bond donors (Lipinski definition) is 0. The molecule has 1 aromatic carbocycles. The smallest absolute Gasteiger partial charge is 0.344 e. The molecule has 0 aliphatic carbocycles. The normalized spacial score (nSPS) is 13.5. The molecule has 0 spiro atoms. The highest BCUT2D eigenvalue weighted by atomic mass is 16.6. The van der Waals surface area contributed by atoms with Crippen LogP contribution in [0.3, 0.4) is 0 Å². The Kier molecular flexibility index (Phi) is 4.50. The second kappa shape index (κ2) is 6.07. The Labute approximate surface area is 136 Å². The van der Waals surface area contributed by atoms with Gasteiger partial charge in [-0.1, -0.05) is 0 Å². The predicted molar refractivity (Wildman–Crippen MR) is 85.9 cm³/mol. The summed E-state index contributed by atoms with van der Waals surface area (Å²) in [6, 6.07) is 3.35. The van der Waals surface area contributed by atoms with Crippen molar-refractivity contribution in [3.8, 4) is 11.5 Å². The van der Waals surface area contributed by atoms with Crippen molar-refractivity contribution in [2.24, 2.45) is 0 Å². The lowest BCUT2D eigenvalue weighted by Crippen LogP contribution is -2.27. The van der Waals surface area contributed by atoms with Gasteiger partial charge in [0.25, 0.3) is 0 Å². The number of aryl methyl sites for hydroxylation is 1. The monoisotopic (exact) mass is 318 g/mol. The molecule has 0 amide bonds. The van der Waals surface area contributed by atoms with Crippen LogP contribution < -0.4 is 9.47 Å². The lowest BCUT2D eigenvalue weighted by Gasteiger charge is -2.19. The maximum Gasteiger partial charge on any atom is 0.344 e. The van der Waals surface area contributed by atoms with Gasteiger partial charge in [-0.15, -0.1) is 0 Å². The van der Waals surface area contributed by atoms with Crippen LogP contribution in [0.4, 0.5) is 0 Å². The number of allylic oxidation sites excluding steroid dienone is 2. The number of carbonyl (C=O) groups excluding carboxylic acids is 2. The molecule has 0 radical (unpaired) electrons. The number of fused-ring (bicyclic) bond motifs is 1. The summed E-state index contributed by atoms with van der Waals surface area (Å²) in [5, 5.41) is 0. The van der Waals surface area contributed by atoms with E-state index in [4.69, 9.17) is 14.2 Å². The zero-order chi connectivity index (χ0) is 17.4. The van der Waals surface area contributed by atoms with Crippen LogP contribution >= 0.6 is 0 Å². The first-order valence-corrected chi connectivity index (χ1v) is 7.48. The van der Waals surface area contributed by atoms with E-state index in [1.54, 1.807) is 32.9 Å². The van der Waals surface area contributed by atoms with E-state index in [-0.39, 0.29) is 12.4 Å². The van der Waals surface area contributed by atoms with Gasteiger partial charge >= 0.3 is 5.97 Å². The topological polar surface area (TPSA) is 61.8 Å². The van der Waals surface area contributed by atoms with Gasteiger partial charge in [0.2, 0.25) is 5.78 Å². The number of ether oxygens (including phenoxy) is 3. The molecule has 0 bridgehead atoms. The van der Waals surface area contributed by atoms with Gasteiger partial charge in [-0.2, -0.15) is 0 Å². The second-order valence-corrected chi connectivity index (χ2v) is 6.75. The van der Waals surface area contributed by atoms with Gasteiger partial charge in [0.15, 0.2) is 12.4 Å². The highest BCUT2D eigenvalue weighted by Crippen LogP contribution is 2.37. The summed E-state index contributed by atoms with van der Waals surface area (Å²) in [7, 11) is 0. The summed E-state index contributed by atoms with van der Waals surface area (Å²) in [6.45, 7) is 10.7. The van der Waals surface area contributed by atoms with Gasteiger partial charge in [0.1, 0.15) is 17.1 Å². The molecule has 124 valence electrons. The Balaban J connectivity index is 2.15. The number of hydrogen-bond acceptors (Lipinski definition) is 5. The van der Waals surface area contributed by atoms with Crippen molar-refractivity contribution in [3.05, 3.63) is 34.6 Å². The van der Waals surface area contributed by atoms with E-state index >= 15 is 0 Å². The van der Waals surface area contributed by atoms with Gasteiger partial charge in [0.05, 0.1) is 5.56 Å². The maximum absolute atomic E-state index is 12.3. The number of Topliss-reactive ketones (excluding diaryl/α,β-unsaturated/α-hetero) is 1. The van der Waals surface area contributed by atoms with E-state index < -0.39 is 11.6 Å². The quantitative estimate of drug-likeness (QED) is 0.629. The van der Waals surface area contributed by atoms with Crippen LogP contribution in [0.25, 0.3) is 0 Å². The van der Waals surface area contributed by atoms with Gasteiger partial charge in [-0.05, 0) is 58.7 Å². The molecule has 5 heteroatoms. The molecule has 0 saturated heterocycles. The lowest BCUT2D eigenvalue weighted by molar-refractivity contribution is -0.157. The van der Waals surface area contributed by atoms with E-state index in [1.807, 2.05) is 20.8 Å². The number of esters is 1. The van der Waals surface area contributed by atoms with E-state index in [2.05, 4.69) is 0 Å². The number of ketones is 1. The Morgan fingerprint density at radius 2 is 1.87 bits per heavy atom. The maximum atomic E-state index is 12.3. The van der Waals surface area contributed by atoms with Gasteiger partial charge in [-0.3, -0.25) is 4.79 Å². The third kappa shape index (κ3) is 3.92. The van der Waals surface area contributed by atoms with E-state index in [0.717, 1.165) is 11.1 Å². The first-order valence-electron chi connectivity index (χ1n) is 7.48. The van der Waals surface area contributed by atoms with Crippen molar-refractivity contribution in [1.29, 1.82) is 0 Å². The molecule has 0 atom stereocenters. The molecule has 0 saturated carbocycles. The van der Waals surface area contributed by atoms with Crippen LogP contribution in [-0.4, -0.2) is 24.0 Å². The average molecular weight is 318 g/mol. The van der Waals surface area contributed by atoms with Gasteiger partial charge in [-0.25, -0.2) is 4.79 Å². The van der Waals surface area contributed by atoms with Crippen LogP contribution in [0.1, 0.15) is 50.5 Å². The largest absolute Gasteiger partial charge is 0.482 e. The summed E-state index contributed by atoms with van der Waals surface area (Å²) >= 11 is 0. The lowest BCUT2D eigenvalue weighted by atomic mass is 10.0.